The molecule has 2 atom stereocenters. The van der Waals surface area contributed by atoms with Gasteiger partial charge in [-0.15, -0.1) is 0 Å². The number of allylic oxidation sites excluding steroid dienone is 23. The largest absolute Gasteiger partial charge is 0.295 e. The molecule has 0 radical (unpaired) electrons. The quantitative estimate of drug-likeness (QED) is 0.136. The van der Waals surface area contributed by atoms with E-state index in [4.69, 9.17) is 0 Å². The summed E-state index contributed by atoms with van der Waals surface area (Å²) >= 11 is 0. The maximum Gasteiger partial charge on any atom is 0.0818 e. The van der Waals surface area contributed by atoms with Gasteiger partial charge in [-0.05, 0) is 43.9 Å². The van der Waals surface area contributed by atoms with Crippen molar-refractivity contribution in [2.24, 2.45) is 0 Å². The Morgan fingerprint density at radius 3 is 1.71 bits per heavy atom. The van der Waals surface area contributed by atoms with E-state index in [1.807, 2.05) is 36.5 Å². The molecule has 0 saturated heterocycles. The van der Waals surface area contributed by atoms with Gasteiger partial charge in [0.05, 0.1) is 17.8 Å². The number of hydrazine groups is 1. The van der Waals surface area contributed by atoms with Crippen molar-refractivity contribution in [1.29, 1.82) is 0 Å². The van der Waals surface area contributed by atoms with E-state index < -0.39 is 0 Å². The van der Waals surface area contributed by atoms with E-state index in [0.29, 0.717) is 0 Å². The lowest BCUT2D eigenvalue weighted by Crippen LogP contribution is -2.49. The van der Waals surface area contributed by atoms with E-state index in [2.05, 4.69) is 159 Å². The first-order chi connectivity index (χ1) is 20.2. The molecule has 2 unspecified atom stereocenters. The molecule has 216 valence electrons. The molecule has 0 fully saturated rings. The van der Waals surface area contributed by atoms with E-state index in [-0.39, 0.29) is 12.1 Å². The van der Waals surface area contributed by atoms with Crippen molar-refractivity contribution in [2.75, 3.05) is 7.05 Å². The highest BCUT2D eigenvalue weighted by Crippen LogP contribution is 2.23. The Labute approximate surface area is 250 Å². The van der Waals surface area contributed by atoms with Crippen LogP contribution in [0.1, 0.15) is 52.9 Å². The van der Waals surface area contributed by atoms with Gasteiger partial charge in [-0.2, -0.15) is 0 Å². The van der Waals surface area contributed by atoms with Crippen LogP contribution in [0.5, 0.6) is 0 Å². The summed E-state index contributed by atoms with van der Waals surface area (Å²) < 4.78 is 0. The van der Waals surface area contributed by atoms with Crippen molar-refractivity contribution >= 4 is 0 Å². The van der Waals surface area contributed by atoms with Crippen LogP contribution in [-0.2, 0) is 0 Å². The van der Waals surface area contributed by atoms with Gasteiger partial charge in [0, 0.05) is 7.05 Å². The number of hydrogen-bond acceptors (Lipinski definition) is 2. The molecule has 0 saturated carbocycles. The maximum absolute atomic E-state index is 2.42. The van der Waals surface area contributed by atoms with Crippen molar-refractivity contribution in [2.45, 2.75) is 65.0 Å². The van der Waals surface area contributed by atoms with Crippen LogP contribution in [0.3, 0.4) is 0 Å². The van der Waals surface area contributed by atoms with Gasteiger partial charge >= 0.3 is 0 Å². The fourth-order valence-corrected chi connectivity index (χ4v) is 4.30. The zero-order valence-electron chi connectivity index (χ0n) is 25.6. The van der Waals surface area contributed by atoms with Crippen molar-refractivity contribution in [3.05, 3.63) is 169 Å². The van der Waals surface area contributed by atoms with Gasteiger partial charge < -0.3 is 0 Å². The molecular weight excluding hydrogens is 496 g/mol. The molecule has 0 bridgehead atoms. The first kappa shape index (κ1) is 33.3. The third-order valence-electron chi connectivity index (χ3n) is 6.70. The van der Waals surface area contributed by atoms with Crippen LogP contribution in [0.15, 0.2) is 169 Å². The van der Waals surface area contributed by atoms with Gasteiger partial charge in [0.1, 0.15) is 0 Å². The van der Waals surface area contributed by atoms with E-state index in [9.17, 15) is 0 Å². The van der Waals surface area contributed by atoms with Crippen LogP contribution >= 0.6 is 0 Å². The average molecular weight is 547 g/mol. The van der Waals surface area contributed by atoms with Crippen molar-refractivity contribution in [3.8, 4) is 0 Å². The predicted molar refractivity (Wildman–Crippen MR) is 183 cm³/mol. The third kappa shape index (κ3) is 13.8. The van der Waals surface area contributed by atoms with Gasteiger partial charge in [-0.3, -0.25) is 5.01 Å². The lowest BCUT2D eigenvalue weighted by Gasteiger charge is -2.42. The molecule has 41 heavy (non-hydrogen) atoms. The number of nitrogens with zero attached hydrogens (tertiary/aromatic N) is 2. The fraction of sp³-hybridized carbons (Fsp3) is 0.282. The molecule has 2 aliphatic carbocycles. The highest BCUT2D eigenvalue weighted by atomic mass is 15.6. The molecule has 0 aromatic carbocycles. The summed E-state index contributed by atoms with van der Waals surface area (Å²) in [4.78, 5) is 0. The molecule has 0 aromatic heterocycles. The van der Waals surface area contributed by atoms with E-state index in [1.165, 1.54) is 24.8 Å². The molecule has 0 aliphatic heterocycles. The maximum atomic E-state index is 2.42. The molecule has 2 rings (SSSR count). The second-order valence-electron chi connectivity index (χ2n) is 9.90. The Bertz CT molecular complexity index is 1170. The smallest absolute Gasteiger partial charge is 0.0818 e. The standard InChI is InChI=1S/C39H50N2/c1-5-7-9-20-27-33-38(32-8-6-2)41(39-34-28-23-18-14-11-15-19-24-29-35-39)40(4)36(3)37-30-25-21-16-12-10-13-17-22-26-31-37/h8,10-19,21-36,38H,5-7,9,20H2,1-4H3/b12-10-,13-10?,14-11-,15-11?,16-12?,17-13-,18-14?,19-15-,21-16-,22-17?,23-18-,24-19?,25-21?,26-22-,28-23?,29-24-,30-25?,31-26?,32-8-,33-27-,34-28?,35-29?,37-30?,37-31?,39-34?,39-35?. The van der Waals surface area contributed by atoms with Crippen molar-refractivity contribution < 1.29 is 0 Å². The molecule has 2 heteroatoms. The fourth-order valence-electron chi connectivity index (χ4n) is 4.30. The number of rotatable bonds is 12. The van der Waals surface area contributed by atoms with Crippen LogP contribution in [-0.4, -0.2) is 29.1 Å². The van der Waals surface area contributed by atoms with Gasteiger partial charge in [0.2, 0.25) is 0 Å². The molecule has 2 aliphatic rings. The zero-order valence-corrected chi connectivity index (χ0v) is 25.6. The number of hydrogen-bond donors (Lipinski definition) is 0. The van der Waals surface area contributed by atoms with E-state index in [1.54, 1.807) is 0 Å². The van der Waals surface area contributed by atoms with Crippen LogP contribution < -0.4 is 0 Å². The average Bonchev–Trinajstić information content (AvgIpc) is 2.96. The first-order valence-corrected chi connectivity index (χ1v) is 15.1. The summed E-state index contributed by atoms with van der Waals surface area (Å²) in [7, 11) is 2.20. The molecule has 0 amide bonds. The summed E-state index contributed by atoms with van der Waals surface area (Å²) in [5.74, 6) is 0. The Kier molecular flexibility index (Phi) is 17.8. The summed E-state index contributed by atoms with van der Waals surface area (Å²) in [5.41, 5.74) is 2.34. The second kappa shape index (κ2) is 21.9. The second-order valence-corrected chi connectivity index (χ2v) is 9.90. The topological polar surface area (TPSA) is 6.48 Å². The van der Waals surface area contributed by atoms with Crippen molar-refractivity contribution in [1.82, 2.24) is 10.0 Å². The number of unbranched alkanes of at least 4 members (excludes halogenated alkanes) is 3. The predicted octanol–water partition coefficient (Wildman–Crippen LogP) is 10.4. The van der Waals surface area contributed by atoms with Crippen LogP contribution in [0, 0.1) is 0 Å². The molecule has 0 heterocycles. The highest BCUT2D eigenvalue weighted by Gasteiger charge is 2.25. The first-order valence-electron chi connectivity index (χ1n) is 15.1. The molecule has 2 nitrogen and oxygen atoms in total. The monoisotopic (exact) mass is 546 g/mol. The minimum absolute atomic E-state index is 0.0694. The summed E-state index contributed by atoms with van der Waals surface area (Å²) in [6.07, 6.45) is 61.3. The summed E-state index contributed by atoms with van der Waals surface area (Å²) in [5, 5.41) is 4.78. The molecule has 0 N–H and O–H groups in total. The van der Waals surface area contributed by atoms with Crippen LogP contribution in [0.25, 0.3) is 0 Å². The minimum atomic E-state index is 0.0694. The van der Waals surface area contributed by atoms with Gasteiger partial charge in [-0.1, -0.05) is 173 Å². The summed E-state index contributed by atoms with van der Waals surface area (Å²) in [6, 6.07) is 0.177. The van der Waals surface area contributed by atoms with E-state index in [0.717, 1.165) is 18.5 Å². The molecule has 0 spiro atoms. The van der Waals surface area contributed by atoms with Gasteiger partial charge in [-0.25, -0.2) is 5.01 Å². The molecular formula is C39H50N2. The Balaban J connectivity index is 2.58. The third-order valence-corrected chi connectivity index (χ3v) is 6.70. The highest BCUT2D eigenvalue weighted by molar-refractivity contribution is 5.35. The van der Waals surface area contributed by atoms with Gasteiger partial charge in [0.15, 0.2) is 0 Å². The lowest BCUT2D eigenvalue weighted by molar-refractivity contribution is 0.00795. The molecule has 0 aromatic rings. The zero-order chi connectivity index (χ0) is 29.4. The summed E-state index contributed by atoms with van der Waals surface area (Å²) in [6.45, 7) is 6.73. The Morgan fingerprint density at radius 1 is 0.610 bits per heavy atom. The van der Waals surface area contributed by atoms with Gasteiger partial charge in [0.25, 0.3) is 0 Å². The van der Waals surface area contributed by atoms with Crippen LogP contribution in [0.2, 0.25) is 0 Å². The van der Waals surface area contributed by atoms with Crippen molar-refractivity contribution in [3.63, 3.8) is 0 Å². The van der Waals surface area contributed by atoms with E-state index >= 15 is 0 Å². The minimum Gasteiger partial charge on any atom is -0.295 e. The lowest BCUT2D eigenvalue weighted by atomic mass is 10.1. The van der Waals surface area contributed by atoms with Crippen LogP contribution in [0.4, 0.5) is 0 Å². The number of likely N-dealkylation sites (N-methyl/N-ethyl adjacent to an activating group) is 1. The Morgan fingerprint density at radius 2 is 1.12 bits per heavy atom. The Hall–Kier alpha value is -3.88. The SMILES string of the molecule is CC/C=C\C(/C=C\CCCCC)N(C1=C\C=C/C=C\C=C/C=C\C=C1)N(C)C(C)C1=C\C=C/C=C\C=C/C=C\C=C1. The normalized spacial score (nSPS) is 23.6.